The van der Waals surface area contributed by atoms with Crippen molar-refractivity contribution in [1.82, 2.24) is 9.97 Å². The van der Waals surface area contributed by atoms with Crippen molar-refractivity contribution in [2.24, 2.45) is 5.73 Å². The highest BCUT2D eigenvalue weighted by Gasteiger charge is 2.29. The van der Waals surface area contributed by atoms with Crippen LogP contribution < -0.4 is 10.6 Å². The SMILES string of the molecule is Cc1c(C#N)sc2nc(CCCc3ccccc3)nc(N3CCC(C)(N)CC3)c12. The Bertz CT molecular complexity index is 1040. The van der Waals surface area contributed by atoms with Gasteiger partial charge in [-0.15, -0.1) is 11.3 Å². The lowest BCUT2D eigenvalue weighted by Gasteiger charge is -2.37. The van der Waals surface area contributed by atoms with Gasteiger partial charge in [0.15, 0.2) is 0 Å². The summed E-state index contributed by atoms with van der Waals surface area (Å²) >= 11 is 1.48. The van der Waals surface area contributed by atoms with Gasteiger partial charge >= 0.3 is 0 Å². The molecular formula is C23H27N5S. The van der Waals surface area contributed by atoms with Gasteiger partial charge in [-0.2, -0.15) is 5.26 Å². The first kappa shape index (κ1) is 19.8. The van der Waals surface area contributed by atoms with Gasteiger partial charge < -0.3 is 10.6 Å². The molecule has 29 heavy (non-hydrogen) atoms. The van der Waals surface area contributed by atoms with E-state index in [1.807, 2.05) is 13.0 Å². The molecule has 0 amide bonds. The quantitative estimate of drug-likeness (QED) is 0.682. The molecule has 3 heterocycles. The van der Waals surface area contributed by atoms with E-state index in [9.17, 15) is 5.26 Å². The first-order valence-electron chi connectivity index (χ1n) is 10.2. The zero-order valence-electron chi connectivity index (χ0n) is 17.1. The summed E-state index contributed by atoms with van der Waals surface area (Å²) in [6, 6.07) is 12.9. The summed E-state index contributed by atoms with van der Waals surface area (Å²) in [6.07, 6.45) is 4.73. The number of fused-ring (bicyclic) bond motifs is 1. The van der Waals surface area contributed by atoms with Crippen LogP contribution in [0.15, 0.2) is 30.3 Å². The van der Waals surface area contributed by atoms with Crippen LogP contribution in [0.2, 0.25) is 0 Å². The summed E-state index contributed by atoms with van der Waals surface area (Å²) < 4.78 is 0. The van der Waals surface area contributed by atoms with Crippen molar-refractivity contribution in [1.29, 1.82) is 5.26 Å². The van der Waals surface area contributed by atoms with Gasteiger partial charge in [0.05, 0.1) is 5.39 Å². The molecule has 0 atom stereocenters. The topological polar surface area (TPSA) is 78.8 Å². The molecule has 0 aliphatic carbocycles. The fourth-order valence-electron chi connectivity index (χ4n) is 3.93. The first-order valence-corrected chi connectivity index (χ1v) is 11.1. The first-order chi connectivity index (χ1) is 14.0. The van der Waals surface area contributed by atoms with Crippen LogP contribution >= 0.6 is 11.3 Å². The number of nitrogens with zero attached hydrogens (tertiary/aromatic N) is 4. The van der Waals surface area contributed by atoms with Gasteiger partial charge in [-0.05, 0) is 50.7 Å². The van der Waals surface area contributed by atoms with Gasteiger partial charge in [0.25, 0.3) is 0 Å². The van der Waals surface area contributed by atoms with Crippen molar-refractivity contribution in [3.05, 3.63) is 52.2 Å². The number of rotatable bonds is 5. The second-order valence-electron chi connectivity index (χ2n) is 8.29. The van der Waals surface area contributed by atoms with Crippen molar-refractivity contribution in [2.45, 2.75) is 51.5 Å². The van der Waals surface area contributed by atoms with Gasteiger partial charge in [-0.25, -0.2) is 9.97 Å². The van der Waals surface area contributed by atoms with Crippen molar-refractivity contribution in [3.8, 4) is 6.07 Å². The Kier molecular flexibility index (Phi) is 5.53. The lowest BCUT2D eigenvalue weighted by molar-refractivity contribution is 0.363. The second kappa shape index (κ2) is 8.10. The fraction of sp³-hybridized carbons (Fsp3) is 0.435. The molecule has 2 N–H and O–H groups in total. The van der Waals surface area contributed by atoms with Crippen LogP contribution in [0, 0.1) is 18.3 Å². The summed E-state index contributed by atoms with van der Waals surface area (Å²) in [4.78, 5) is 13.8. The molecule has 4 rings (SSSR count). The van der Waals surface area contributed by atoms with E-state index < -0.39 is 0 Å². The van der Waals surface area contributed by atoms with Crippen LogP contribution in [0.4, 0.5) is 5.82 Å². The number of anilines is 1. The predicted octanol–water partition coefficient (Wildman–Crippen LogP) is 4.36. The molecule has 5 nitrogen and oxygen atoms in total. The molecule has 0 radical (unpaired) electrons. The number of aromatic nitrogens is 2. The molecule has 3 aromatic rings. The minimum atomic E-state index is -0.108. The Hall–Kier alpha value is -2.49. The van der Waals surface area contributed by atoms with Gasteiger partial charge in [-0.3, -0.25) is 0 Å². The number of piperidine rings is 1. The highest BCUT2D eigenvalue weighted by molar-refractivity contribution is 7.19. The van der Waals surface area contributed by atoms with Gasteiger partial charge in [-0.1, -0.05) is 30.3 Å². The smallest absolute Gasteiger partial charge is 0.141 e. The fourth-order valence-corrected chi connectivity index (χ4v) is 4.92. The van der Waals surface area contributed by atoms with E-state index in [1.54, 1.807) is 0 Å². The van der Waals surface area contributed by atoms with E-state index in [1.165, 1.54) is 16.9 Å². The van der Waals surface area contributed by atoms with E-state index in [4.69, 9.17) is 15.7 Å². The van der Waals surface area contributed by atoms with Gasteiger partial charge in [0.2, 0.25) is 0 Å². The summed E-state index contributed by atoms with van der Waals surface area (Å²) in [5.74, 6) is 1.85. The number of thiophene rings is 1. The predicted molar refractivity (Wildman–Crippen MR) is 119 cm³/mol. The van der Waals surface area contributed by atoms with Crippen molar-refractivity contribution in [2.75, 3.05) is 18.0 Å². The maximum Gasteiger partial charge on any atom is 0.141 e. The largest absolute Gasteiger partial charge is 0.356 e. The molecule has 0 unspecified atom stereocenters. The van der Waals surface area contributed by atoms with Crippen LogP contribution in [0.3, 0.4) is 0 Å². The lowest BCUT2D eigenvalue weighted by atomic mass is 9.91. The number of hydrogen-bond acceptors (Lipinski definition) is 6. The number of nitrogens with two attached hydrogens (primary N) is 1. The number of aryl methyl sites for hydroxylation is 3. The average molecular weight is 406 g/mol. The van der Waals surface area contributed by atoms with Crippen molar-refractivity contribution < 1.29 is 0 Å². The molecule has 1 fully saturated rings. The summed E-state index contributed by atoms with van der Waals surface area (Å²) in [7, 11) is 0. The standard InChI is InChI=1S/C23H27N5S/c1-16-18(15-24)29-22-20(16)21(28-13-11-23(2,25)12-14-28)26-19(27-22)10-6-9-17-7-4-3-5-8-17/h3-5,7-8H,6,9-14,25H2,1-2H3. The van der Waals surface area contributed by atoms with E-state index in [2.05, 4.69) is 42.2 Å². The highest BCUT2D eigenvalue weighted by Crippen LogP contribution is 2.36. The minimum absolute atomic E-state index is 0.108. The van der Waals surface area contributed by atoms with Crippen LogP contribution in [0.25, 0.3) is 10.2 Å². The van der Waals surface area contributed by atoms with Gasteiger partial charge in [0.1, 0.15) is 27.4 Å². The minimum Gasteiger partial charge on any atom is -0.356 e. The molecule has 1 aliphatic rings. The second-order valence-corrected chi connectivity index (χ2v) is 9.29. The summed E-state index contributed by atoms with van der Waals surface area (Å²) in [5.41, 5.74) is 8.57. The zero-order valence-corrected chi connectivity index (χ0v) is 17.9. The van der Waals surface area contributed by atoms with Crippen molar-refractivity contribution >= 4 is 27.4 Å². The van der Waals surface area contributed by atoms with Gasteiger partial charge in [0, 0.05) is 25.0 Å². The molecule has 1 aliphatic heterocycles. The molecule has 0 bridgehead atoms. The van der Waals surface area contributed by atoms with Crippen molar-refractivity contribution in [3.63, 3.8) is 0 Å². The molecule has 1 aromatic carbocycles. The van der Waals surface area contributed by atoms with E-state index in [0.29, 0.717) is 0 Å². The van der Waals surface area contributed by atoms with Crippen LogP contribution in [0.1, 0.15) is 48.0 Å². The Morgan fingerprint density at radius 2 is 1.90 bits per heavy atom. The third kappa shape index (κ3) is 4.26. The number of hydrogen-bond donors (Lipinski definition) is 1. The van der Waals surface area contributed by atoms with E-state index in [-0.39, 0.29) is 5.54 Å². The Labute approximate surface area is 176 Å². The third-order valence-corrected chi connectivity index (χ3v) is 6.92. The Morgan fingerprint density at radius 1 is 1.17 bits per heavy atom. The Morgan fingerprint density at radius 3 is 2.59 bits per heavy atom. The Balaban J connectivity index is 1.63. The highest BCUT2D eigenvalue weighted by atomic mass is 32.1. The molecule has 2 aromatic heterocycles. The summed E-state index contributed by atoms with van der Waals surface area (Å²) in [5, 5.41) is 10.5. The molecule has 0 spiro atoms. The van der Waals surface area contributed by atoms with Crippen LogP contribution in [-0.4, -0.2) is 28.6 Å². The number of nitriles is 1. The zero-order chi connectivity index (χ0) is 20.4. The maximum absolute atomic E-state index is 9.51. The monoisotopic (exact) mass is 405 g/mol. The van der Waals surface area contributed by atoms with E-state index >= 15 is 0 Å². The van der Waals surface area contributed by atoms with Crippen LogP contribution in [-0.2, 0) is 12.8 Å². The molecule has 1 saturated heterocycles. The molecule has 150 valence electrons. The molecule has 0 saturated carbocycles. The normalized spacial score (nSPS) is 16.1. The average Bonchev–Trinajstić information content (AvgIpc) is 3.04. The lowest BCUT2D eigenvalue weighted by Crippen LogP contribution is -2.48. The summed E-state index contributed by atoms with van der Waals surface area (Å²) in [6.45, 7) is 5.91. The maximum atomic E-state index is 9.51. The van der Waals surface area contributed by atoms with E-state index in [0.717, 1.165) is 77.5 Å². The third-order valence-electron chi connectivity index (χ3n) is 5.83. The van der Waals surface area contributed by atoms with Crippen LogP contribution in [0.5, 0.6) is 0 Å². The molecular weight excluding hydrogens is 378 g/mol. The molecule has 6 heteroatoms. The number of benzene rings is 1.